The molecule has 1 aliphatic rings. The van der Waals surface area contributed by atoms with Gasteiger partial charge in [-0.25, -0.2) is 0 Å². The van der Waals surface area contributed by atoms with E-state index >= 15 is 0 Å². The fourth-order valence-corrected chi connectivity index (χ4v) is 2.18. The van der Waals surface area contributed by atoms with Crippen molar-refractivity contribution in [3.63, 3.8) is 0 Å². The molecule has 0 aliphatic carbocycles. The van der Waals surface area contributed by atoms with Crippen molar-refractivity contribution in [2.45, 2.75) is 6.42 Å². The number of rotatable bonds is 3. The van der Waals surface area contributed by atoms with E-state index in [9.17, 15) is 4.79 Å². The summed E-state index contributed by atoms with van der Waals surface area (Å²) in [7, 11) is 0. The van der Waals surface area contributed by atoms with Crippen LogP contribution in [0.5, 0.6) is 0 Å². The van der Waals surface area contributed by atoms with Gasteiger partial charge < -0.3 is 10.6 Å². The van der Waals surface area contributed by atoms with Crippen molar-refractivity contribution in [2.75, 3.05) is 18.4 Å². The van der Waals surface area contributed by atoms with Crippen LogP contribution in [0.3, 0.4) is 0 Å². The second kappa shape index (κ2) is 4.43. The first-order valence-electron chi connectivity index (χ1n) is 4.77. The molecule has 2 heterocycles. The Morgan fingerprint density at radius 1 is 1.73 bits per heavy atom. The van der Waals surface area contributed by atoms with E-state index in [-0.39, 0.29) is 5.91 Å². The van der Waals surface area contributed by atoms with Crippen molar-refractivity contribution >= 4 is 22.2 Å². The van der Waals surface area contributed by atoms with Crippen molar-refractivity contribution in [1.82, 2.24) is 5.32 Å². The van der Waals surface area contributed by atoms with E-state index in [1.165, 1.54) is 11.3 Å². The molecule has 1 aromatic rings. The highest BCUT2D eigenvalue weighted by molar-refractivity contribution is 7.14. The second-order valence-electron chi connectivity index (χ2n) is 3.55. The highest BCUT2D eigenvalue weighted by Crippen LogP contribution is 2.22. The van der Waals surface area contributed by atoms with Gasteiger partial charge in [-0.1, -0.05) is 0 Å². The number of hydrogen-bond acceptors (Lipinski definition) is 4. The molecule has 0 saturated carbocycles. The molecular weight excluding hydrogens is 210 g/mol. The first-order chi connectivity index (χ1) is 7.29. The summed E-state index contributed by atoms with van der Waals surface area (Å²) in [5, 5.41) is 17.1. The number of nitriles is 1. The fraction of sp³-hybridized carbons (Fsp3) is 0.400. The summed E-state index contributed by atoms with van der Waals surface area (Å²) in [4.78, 5) is 11.5. The molecule has 1 aromatic heterocycles. The summed E-state index contributed by atoms with van der Waals surface area (Å²) >= 11 is 1.39. The first kappa shape index (κ1) is 10.1. The Morgan fingerprint density at radius 3 is 3.13 bits per heavy atom. The molecule has 2 rings (SSSR count). The molecule has 4 nitrogen and oxygen atoms in total. The zero-order chi connectivity index (χ0) is 10.7. The Morgan fingerprint density at radius 2 is 2.53 bits per heavy atom. The molecular formula is C10H11N3OS. The standard InChI is InChI=1S/C10H11N3OS/c11-4-8-1-2-15-10(8)13-9(14)3-7-5-12-6-7/h1-2,7,12H,3,5-6H2,(H,13,14). The zero-order valence-corrected chi connectivity index (χ0v) is 8.93. The third kappa shape index (κ3) is 2.35. The van der Waals surface area contributed by atoms with Gasteiger partial charge in [-0.2, -0.15) is 5.26 Å². The van der Waals surface area contributed by atoms with E-state index in [4.69, 9.17) is 5.26 Å². The van der Waals surface area contributed by atoms with Gasteiger partial charge in [0, 0.05) is 6.42 Å². The first-order valence-corrected chi connectivity index (χ1v) is 5.65. The third-order valence-electron chi connectivity index (χ3n) is 2.38. The third-order valence-corrected chi connectivity index (χ3v) is 3.21. The van der Waals surface area contributed by atoms with Gasteiger partial charge >= 0.3 is 0 Å². The van der Waals surface area contributed by atoms with Crippen molar-refractivity contribution in [3.8, 4) is 6.07 Å². The molecule has 0 aromatic carbocycles. The number of nitrogens with zero attached hydrogens (tertiary/aromatic N) is 1. The van der Waals surface area contributed by atoms with Crippen molar-refractivity contribution in [2.24, 2.45) is 5.92 Å². The van der Waals surface area contributed by atoms with E-state index in [0.717, 1.165) is 13.1 Å². The van der Waals surface area contributed by atoms with Crippen LogP contribution in [-0.4, -0.2) is 19.0 Å². The van der Waals surface area contributed by atoms with Crippen LogP contribution < -0.4 is 10.6 Å². The van der Waals surface area contributed by atoms with Crippen LogP contribution in [0, 0.1) is 17.2 Å². The smallest absolute Gasteiger partial charge is 0.225 e. The largest absolute Gasteiger partial charge is 0.317 e. The van der Waals surface area contributed by atoms with Crippen LogP contribution in [-0.2, 0) is 4.79 Å². The molecule has 0 radical (unpaired) electrons. The monoisotopic (exact) mass is 221 g/mol. The van der Waals surface area contributed by atoms with Gasteiger partial charge in [0.05, 0.1) is 5.56 Å². The van der Waals surface area contributed by atoms with E-state index in [0.29, 0.717) is 22.9 Å². The SMILES string of the molecule is N#Cc1ccsc1NC(=O)CC1CNC1. The van der Waals surface area contributed by atoms with Crippen LogP contribution in [0.4, 0.5) is 5.00 Å². The lowest BCUT2D eigenvalue weighted by molar-refractivity contribution is -0.117. The molecule has 5 heteroatoms. The highest BCUT2D eigenvalue weighted by atomic mass is 32.1. The molecule has 2 N–H and O–H groups in total. The van der Waals surface area contributed by atoms with Crippen LogP contribution in [0.15, 0.2) is 11.4 Å². The molecule has 0 atom stereocenters. The molecule has 1 amide bonds. The summed E-state index contributed by atoms with van der Waals surface area (Å²) < 4.78 is 0. The molecule has 1 fully saturated rings. The lowest BCUT2D eigenvalue weighted by Crippen LogP contribution is -2.43. The van der Waals surface area contributed by atoms with Crippen molar-refractivity contribution in [3.05, 3.63) is 17.0 Å². The van der Waals surface area contributed by atoms with Gasteiger partial charge in [0.15, 0.2) is 0 Å². The van der Waals surface area contributed by atoms with Gasteiger partial charge in [0.2, 0.25) is 5.91 Å². The highest BCUT2D eigenvalue weighted by Gasteiger charge is 2.20. The Hall–Kier alpha value is -1.38. The number of hydrogen-bond donors (Lipinski definition) is 2. The number of amides is 1. The normalized spacial score (nSPS) is 15.4. The molecule has 1 aliphatic heterocycles. The van der Waals surface area contributed by atoms with Gasteiger partial charge in [0.25, 0.3) is 0 Å². The minimum atomic E-state index is 0.000417. The van der Waals surface area contributed by atoms with E-state index in [2.05, 4.69) is 10.6 Å². The number of carbonyl (C=O) groups excluding carboxylic acids is 1. The Bertz CT molecular complexity index is 403. The van der Waals surface area contributed by atoms with Crippen molar-refractivity contribution in [1.29, 1.82) is 5.26 Å². The minimum Gasteiger partial charge on any atom is -0.317 e. The second-order valence-corrected chi connectivity index (χ2v) is 4.47. The van der Waals surface area contributed by atoms with Gasteiger partial charge in [-0.15, -0.1) is 11.3 Å². The summed E-state index contributed by atoms with van der Waals surface area (Å²) in [6.07, 6.45) is 0.537. The molecule has 0 bridgehead atoms. The fourth-order valence-electron chi connectivity index (χ4n) is 1.43. The maximum Gasteiger partial charge on any atom is 0.225 e. The van der Waals surface area contributed by atoms with E-state index < -0.39 is 0 Å². The molecule has 1 saturated heterocycles. The van der Waals surface area contributed by atoms with Crippen molar-refractivity contribution < 1.29 is 4.79 Å². The van der Waals surface area contributed by atoms with Crippen LogP contribution in [0.2, 0.25) is 0 Å². The molecule has 0 spiro atoms. The van der Waals surface area contributed by atoms with Crippen LogP contribution in [0.25, 0.3) is 0 Å². The summed E-state index contributed by atoms with van der Waals surface area (Å²) in [6.45, 7) is 1.84. The summed E-state index contributed by atoms with van der Waals surface area (Å²) in [5.41, 5.74) is 0.542. The van der Waals surface area contributed by atoms with Gasteiger partial charge in [-0.05, 0) is 30.5 Å². The van der Waals surface area contributed by atoms with Crippen LogP contribution in [0.1, 0.15) is 12.0 Å². The van der Waals surface area contributed by atoms with Crippen LogP contribution >= 0.6 is 11.3 Å². The number of carbonyl (C=O) groups is 1. The average molecular weight is 221 g/mol. The Labute approximate surface area is 91.9 Å². The number of thiophene rings is 1. The molecule has 78 valence electrons. The minimum absolute atomic E-state index is 0.000417. The average Bonchev–Trinajstić information content (AvgIpc) is 2.59. The summed E-state index contributed by atoms with van der Waals surface area (Å²) in [5.74, 6) is 0.455. The maximum atomic E-state index is 11.5. The molecule has 15 heavy (non-hydrogen) atoms. The topological polar surface area (TPSA) is 64.9 Å². The number of anilines is 1. The van der Waals surface area contributed by atoms with E-state index in [1.807, 2.05) is 6.07 Å². The maximum absolute atomic E-state index is 11.5. The molecule has 0 unspecified atom stereocenters. The van der Waals surface area contributed by atoms with Gasteiger partial charge in [0.1, 0.15) is 11.1 Å². The van der Waals surface area contributed by atoms with E-state index in [1.54, 1.807) is 11.4 Å². The van der Waals surface area contributed by atoms with Gasteiger partial charge in [-0.3, -0.25) is 4.79 Å². The predicted octanol–water partition coefficient (Wildman–Crippen LogP) is 1.17. The Kier molecular flexibility index (Phi) is 2.99. The lowest BCUT2D eigenvalue weighted by atomic mass is 9.99. The zero-order valence-electron chi connectivity index (χ0n) is 8.12. The predicted molar refractivity (Wildman–Crippen MR) is 58.6 cm³/mol. The Balaban J connectivity index is 1.90. The summed E-state index contributed by atoms with van der Waals surface area (Å²) in [6, 6.07) is 3.76. The lowest BCUT2D eigenvalue weighted by Gasteiger charge is -2.26. The number of nitrogens with one attached hydrogen (secondary N) is 2. The quantitative estimate of drug-likeness (QED) is 0.805.